The first-order valence-corrected chi connectivity index (χ1v) is 10.9. The molecule has 2 aromatic heterocycles. The van der Waals surface area contributed by atoms with Crippen LogP contribution >= 0.6 is 0 Å². The molecule has 0 radical (unpaired) electrons. The van der Waals surface area contributed by atoms with Crippen LogP contribution in [0, 0.1) is 0 Å². The zero-order valence-electron chi connectivity index (χ0n) is 18.3. The smallest absolute Gasteiger partial charge is 0.433 e. The van der Waals surface area contributed by atoms with Crippen LogP contribution < -0.4 is 4.90 Å². The van der Waals surface area contributed by atoms with Gasteiger partial charge in [-0.2, -0.15) is 13.2 Å². The zero-order valence-corrected chi connectivity index (χ0v) is 18.3. The first kappa shape index (κ1) is 23.0. The Morgan fingerprint density at radius 3 is 2.52 bits per heavy atom. The number of piperazine rings is 1. The maximum atomic E-state index is 13.1. The molecule has 176 valence electrons. The van der Waals surface area contributed by atoms with Gasteiger partial charge in [-0.25, -0.2) is 9.67 Å². The highest BCUT2D eigenvalue weighted by Crippen LogP contribution is 2.32. The first-order valence-electron chi connectivity index (χ1n) is 10.9. The van der Waals surface area contributed by atoms with E-state index in [-0.39, 0.29) is 11.8 Å². The SMILES string of the molecule is CCCCn1nnnc1C(c1cccc(O)c1)N1CCN(c2cccc(C(F)(F)F)n2)CC1. The van der Waals surface area contributed by atoms with Crippen LogP contribution in [0.5, 0.6) is 5.75 Å². The van der Waals surface area contributed by atoms with E-state index in [0.29, 0.717) is 44.4 Å². The van der Waals surface area contributed by atoms with Gasteiger partial charge in [-0.15, -0.1) is 5.10 Å². The number of tetrazole rings is 1. The summed E-state index contributed by atoms with van der Waals surface area (Å²) >= 11 is 0. The highest BCUT2D eigenvalue weighted by Gasteiger charge is 2.34. The monoisotopic (exact) mass is 461 g/mol. The highest BCUT2D eigenvalue weighted by molar-refractivity contribution is 5.41. The molecule has 0 bridgehead atoms. The number of hydrogen-bond donors (Lipinski definition) is 1. The summed E-state index contributed by atoms with van der Waals surface area (Å²) in [5.74, 6) is 1.14. The molecule has 0 amide bonds. The fourth-order valence-electron chi connectivity index (χ4n) is 4.06. The summed E-state index contributed by atoms with van der Waals surface area (Å²) in [7, 11) is 0. The van der Waals surface area contributed by atoms with Gasteiger partial charge in [0.1, 0.15) is 17.3 Å². The number of halogens is 3. The number of alkyl halides is 3. The van der Waals surface area contributed by atoms with Crippen molar-refractivity contribution in [2.45, 2.75) is 38.5 Å². The van der Waals surface area contributed by atoms with E-state index in [1.807, 2.05) is 11.0 Å². The fraction of sp³-hybridized carbons (Fsp3) is 0.455. The minimum absolute atomic E-state index is 0.150. The zero-order chi connectivity index (χ0) is 23.4. The number of unbranched alkanes of at least 4 members (excludes halogenated alkanes) is 1. The number of hydrogen-bond acceptors (Lipinski definition) is 7. The van der Waals surface area contributed by atoms with E-state index < -0.39 is 11.9 Å². The molecule has 11 heteroatoms. The average molecular weight is 461 g/mol. The summed E-state index contributed by atoms with van der Waals surface area (Å²) < 4.78 is 41.0. The molecule has 1 unspecified atom stereocenters. The Morgan fingerprint density at radius 2 is 1.82 bits per heavy atom. The van der Waals surface area contributed by atoms with Gasteiger partial charge >= 0.3 is 6.18 Å². The van der Waals surface area contributed by atoms with Gasteiger partial charge in [0.15, 0.2) is 5.82 Å². The van der Waals surface area contributed by atoms with Crippen LogP contribution in [0.25, 0.3) is 0 Å². The number of aryl methyl sites for hydroxylation is 1. The lowest BCUT2D eigenvalue weighted by atomic mass is 10.0. The second-order valence-corrected chi connectivity index (χ2v) is 8.01. The first-order chi connectivity index (χ1) is 15.9. The van der Waals surface area contributed by atoms with Gasteiger partial charge in [0.25, 0.3) is 0 Å². The summed E-state index contributed by atoms with van der Waals surface area (Å²) in [6.07, 6.45) is -2.55. The van der Waals surface area contributed by atoms with E-state index in [9.17, 15) is 18.3 Å². The van der Waals surface area contributed by atoms with Crippen molar-refractivity contribution in [3.8, 4) is 5.75 Å². The normalized spacial score (nSPS) is 16.2. The molecule has 1 saturated heterocycles. The molecule has 1 aromatic carbocycles. The summed E-state index contributed by atoms with van der Waals surface area (Å²) in [6, 6.07) is 10.7. The maximum Gasteiger partial charge on any atom is 0.433 e. The number of phenols is 1. The summed E-state index contributed by atoms with van der Waals surface area (Å²) in [4.78, 5) is 7.86. The van der Waals surface area contributed by atoms with Crippen molar-refractivity contribution < 1.29 is 18.3 Å². The predicted octanol–water partition coefficient (Wildman–Crippen LogP) is 3.50. The summed E-state index contributed by atoms with van der Waals surface area (Å²) in [5, 5.41) is 22.4. The van der Waals surface area contributed by atoms with Crippen molar-refractivity contribution in [3.63, 3.8) is 0 Å². The van der Waals surface area contributed by atoms with E-state index in [2.05, 4.69) is 32.3 Å². The number of rotatable bonds is 7. The molecule has 1 fully saturated rings. The highest BCUT2D eigenvalue weighted by atomic mass is 19.4. The van der Waals surface area contributed by atoms with Crippen LogP contribution in [-0.2, 0) is 12.7 Å². The molecule has 1 aliphatic rings. The molecule has 4 rings (SSSR count). The molecule has 1 aliphatic heterocycles. The topological polar surface area (TPSA) is 83.2 Å². The molecule has 0 spiro atoms. The van der Waals surface area contributed by atoms with Crippen LogP contribution in [-0.4, -0.2) is 61.4 Å². The molecular formula is C22H26F3N7O. The molecule has 0 aliphatic carbocycles. The summed E-state index contributed by atoms with van der Waals surface area (Å²) in [6.45, 7) is 4.91. The lowest BCUT2D eigenvalue weighted by Gasteiger charge is -2.39. The minimum Gasteiger partial charge on any atom is -0.508 e. The van der Waals surface area contributed by atoms with Crippen LogP contribution in [0.3, 0.4) is 0 Å². The third-order valence-corrected chi connectivity index (χ3v) is 5.74. The molecule has 8 nitrogen and oxygen atoms in total. The largest absolute Gasteiger partial charge is 0.508 e. The Bertz CT molecular complexity index is 1060. The van der Waals surface area contributed by atoms with Crippen molar-refractivity contribution in [3.05, 3.63) is 59.5 Å². The van der Waals surface area contributed by atoms with E-state index in [4.69, 9.17) is 0 Å². The van der Waals surface area contributed by atoms with Gasteiger partial charge in [0.05, 0.1) is 6.04 Å². The molecule has 3 heterocycles. The quantitative estimate of drug-likeness (QED) is 0.577. The Labute approximate surface area is 189 Å². The Hall–Kier alpha value is -3.21. The van der Waals surface area contributed by atoms with Gasteiger partial charge in [-0.05, 0) is 46.7 Å². The van der Waals surface area contributed by atoms with Crippen molar-refractivity contribution in [1.29, 1.82) is 0 Å². The molecule has 33 heavy (non-hydrogen) atoms. The van der Waals surface area contributed by atoms with Crippen molar-refractivity contribution in [2.75, 3.05) is 31.1 Å². The molecular weight excluding hydrogens is 435 g/mol. The number of nitrogens with zero attached hydrogens (tertiary/aromatic N) is 7. The Kier molecular flexibility index (Phi) is 6.77. The standard InChI is InChI=1S/C22H26F3N7O/c1-2-3-10-32-21(27-28-29-32)20(16-6-4-7-17(33)15-16)31-13-11-30(12-14-31)19-9-5-8-18(26-19)22(23,24)25/h4-9,15,20,33H,2-3,10-14H2,1H3. The van der Waals surface area contributed by atoms with E-state index in [1.54, 1.807) is 28.9 Å². The molecule has 1 atom stereocenters. The number of anilines is 1. The third kappa shape index (κ3) is 5.24. The number of phenolic OH excluding ortho intramolecular Hbond substituents is 1. The number of pyridine rings is 1. The van der Waals surface area contributed by atoms with E-state index in [0.717, 1.165) is 24.5 Å². The number of aromatic nitrogens is 5. The van der Waals surface area contributed by atoms with Crippen molar-refractivity contribution in [1.82, 2.24) is 30.1 Å². The lowest BCUT2D eigenvalue weighted by Crippen LogP contribution is -2.48. The molecule has 1 N–H and O–H groups in total. The van der Waals surface area contributed by atoms with Gasteiger partial charge in [-0.1, -0.05) is 31.5 Å². The fourth-order valence-corrected chi connectivity index (χ4v) is 4.06. The third-order valence-electron chi connectivity index (χ3n) is 5.74. The second kappa shape index (κ2) is 9.74. The average Bonchev–Trinajstić information content (AvgIpc) is 3.26. The number of benzene rings is 1. The van der Waals surface area contributed by atoms with Crippen molar-refractivity contribution >= 4 is 5.82 Å². The molecule has 0 saturated carbocycles. The van der Waals surface area contributed by atoms with Gasteiger partial charge in [-0.3, -0.25) is 4.90 Å². The summed E-state index contributed by atoms with van der Waals surface area (Å²) in [5.41, 5.74) is -0.0386. The van der Waals surface area contributed by atoms with Crippen molar-refractivity contribution in [2.24, 2.45) is 0 Å². The van der Waals surface area contributed by atoms with Crippen LogP contribution in [0.1, 0.15) is 42.9 Å². The van der Waals surface area contributed by atoms with Gasteiger partial charge < -0.3 is 10.0 Å². The number of aromatic hydroxyl groups is 1. The van der Waals surface area contributed by atoms with Crippen LogP contribution in [0.4, 0.5) is 19.0 Å². The Balaban J connectivity index is 1.57. The predicted molar refractivity (Wildman–Crippen MR) is 116 cm³/mol. The molecule has 3 aromatic rings. The maximum absolute atomic E-state index is 13.1. The Morgan fingerprint density at radius 1 is 1.06 bits per heavy atom. The van der Waals surface area contributed by atoms with Gasteiger partial charge in [0, 0.05) is 32.7 Å². The minimum atomic E-state index is -4.48. The van der Waals surface area contributed by atoms with Crippen LogP contribution in [0.2, 0.25) is 0 Å². The van der Waals surface area contributed by atoms with E-state index in [1.165, 1.54) is 6.07 Å². The van der Waals surface area contributed by atoms with Gasteiger partial charge in [0.2, 0.25) is 0 Å². The van der Waals surface area contributed by atoms with Crippen LogP contribution in [0.15, 0.2) is 42.5 Å². The lowest BCUT2D eigenvalue weighted by molar-refractivity contribution is -0.141. The second-order valence-electron chi connectivity index (χ2n) is 8.01. The van der Waals surface area contributed by atoms with E-state index >= 15 is 0 Å².